The maximum absolute atomic E-state index is 12.0. The Hall–Kier alpha value is -2.14. The number of carbonyl (C=O) groups excluding carboxylic acids is 1. The molecule has 2 aromatic carbocycles. The van der Waals surface area contributed by atoms with Crippen LogP contribution in [0.25, 0.3) is 0 Å². The molecule has 0 saturated carbocycles. The number of rotatable bonds is 6. The van der Waals surface area contributed by atoms with E-state index in [1.807, 2.05) is 48.5 Å². The van der Waals surface area contributed by atoms with Gasteiger partial charge in [-0.05, 0) is 30.3 Å². The predicted molar refractivity (Wildman–Crippen MR) is 85.3 cm³/mol. The van der Waals surface area contributed by atoms with Gasteiger partial charge in [0.05, 0.1) is 25.7 Å². The second kappa shape index (κ2) is 7.59. The summed E-state index contributed by atoms with van der Waals surface area (Å²) in [7, 11) is 3.20. The molecule has 0 unspecified atom stereocenters. The Bertz CT molecular complexity index is 616. The Morgan fingerprint density at radius 1 is 1.10 bits per heavy atom. The number of carbonyl (C=O) groups is 1. The average molecular weight is 303 g/mol. The number of thioether (sulfide) groups is 1. The van der Waals surface area contributed by atoms with Crippen LogP contribution in [-0.4, -0.2) is 25.9 Å². The fourth-order valence-corrected chi connectivity index (χ4v) is 2.52. The second-order valence-electron chi connectivity index (χ2n) is 4.22. The number of para-hydroxylation sites is 2. The molecule has 1 N–H and O–H groups in total. The smallest absolute Gasteiger partial charge is 0.234 e. The zero-order chi connectivity index (χ0) is 15.1. The van der Waals surface area contributed by atoms with Gasteiger partial charge >= 0.3 is 0 Å². The molecule has 0 saturated heterocycles. The lowest BCUT2D eigenvalue weighted by Gasteiger charge is -2.09. The van der Waals surface area contributed by atoms with Gasteiger partial charge in [0.25, 0.3) is 0 Å². The molecule has 5 heteroatoms. The van der Waals surface area contributed by atoms with Crippen molar-refractivity contribution in [2.24, 2.45) is 0 Å². The summed E-state index contributed by atoms with van der Waals surface area (Å²) in [4.78, 5) is 13.0. The number of hydrogen-bond acceptors (Lipinski definition) is 4. The lowest BCUT2D eigenvalue weighted by atomic mass is 10.3. The molecular formula is C16H17NO3S. The van der Waals surface area contributed by atoms with Crippen LogP contribution in [0.2, 0.25) is 0 Å². The normalized spacial score (nSPS) is 10.0. The highest BCUT2D eigenvalue weighted by atomic mass is 32.2. The molecule has 4 nitrogen and oxygen atoms in total. The molecule has 110 valence electrons. The van der Waals surface area contributed by atoms with Crippen molar-refractivity contribution < 1.29 is 14.3 Å². The van der Waals surface area contributed by atoms with Crippen molar-refractivity contribution in [1.29, 1.82) is 0 Å². The highest BCUT2D eigenvalue weighted by Gasteiger charge is 2.07. The van der Waals surface area contributed by atoms with Gasteiger partial charge in [-0.15, -0.1) is 11.8 Å². The van der Waals surface area contributed by atoms with Gasteiger partial charge < -0.3 is 14.8 Å². The molecule has 0 radical (unpaired) electrons. The standard InChI is InChI=1S/C16H17NO3S/c1-19-12-6-5-7-13(10-12)21-11-16(18)17-14-8-3-4-9-15(14)20-2/h3-10H,11H2,1-2H3,(H,17,18). The molecular weight excluding hydrogens is 286 g/mol. The molecule has 0 aliphatic carbocycles. The van der Waals surface area contributed by atoms with E-state index in [2.05, 4.69) is 5.32 Å². The molecule has 0 aliphatic rings. The Labute approximate surface area is 128 Å². The van der Waals surface area contributed by atoms with Crippen LogP contribution in [-0.2, 0) is 4.79 Å². The third-order valence-electron chi connectivity index (χ3n) is 2.79. The first-order valence-corrected chi connectivity index (χ1v) is 7.41. The minimum absolute atomic E-state index is 0.0766. The van der Waals surface area contributed by atoms with Crippen molar-refractivity contribution in [2.45, 2.75) is 4.90 Å². The Kier molecular flexibility index (Phi) is 5.51. The largest absolute Gasteiger partial charge is 0.497 e. The van der Waals surface area contributed by atoms with E-state index in [9.17, 15) is 4.79 Å². The zero-order valence-corrected chi connectivity index (χ0v) is 12.8. The molecule has 2 rings (SSSR count). The van der Waals surface area contributed by atoms with Crippen LogP contribution < -0.4 is 14.8 Å². The maximum Gasteiger partial charge on any atom is 0.234 e. The number of methoxy groups -OCH3 is 2. The highest BCUT2D eigenvalue weighted by molar-refractivity contribution is 8.00. The van der Waals surface area contributed by atoms with Gasteiger partial charge in [0.15, 0.2) is 0 Å². The van der Waals surface area contributed by atoms with Crippen LogP contribution in [0.15, 0.2) is 53.4 Å². The molecule has 0 aliphatic heterocycles. The van der Waals surface area contributed by atoms with E-state index in [4.69, 9.17) is 9.47 Å². The van der Waals surface area contributed by atoms with E-state index in [1.54, 1.807) is 14.2 Å². The number of hydrogen-bond donors (Lipinski definition) is 1. The van der Waals surface area contributed by atoms with E-state index in [1.165, 1.54) is 11.8 Å². The summed E-state index contributed by atoms with van der Waals surface area (Å²) >= 11 is 1.46. The number of ether oxygens (including phenoxy) is 2. The third-order valence-corrected chi connectivity index (χ3v) is 3.79. The van der Waals surface area contributed by atoms with Crippen LogP contribution in [0.3, 0.4) is 0 Å². The molecule has 21 heavy (non-hydrogen) atoms. The minimum atomic E-state index is -0.0766. The fraction of sp³-hybridized carbons (Fsp3) is 0.188. The van der Waals surface area contributed by atoms with Crippen LogP contribution in [0, 0.1) is 0 Å². The summed E-state index contributed by atoms with van der Waals surface area (Å²) in [5.74, 6) is 1.68. The number of nitrogens with one attached hydrogen (secondary N) is 1. The van der Waals surface area contributed by atoms with Gasteiger partial charge in [-0.1, -0.05) is 18.2 Å². The van der Waals surface area contributed by atoms with Gasteiger partial charge in [0.2, 0.25) is 5.91 Å². The summed E-state index contributed by atoms with van der Waals surface area (Å²) in [5, 5.41) is 2.84. The van der Waals surface area contributed by atoms with Crippen molar-refractivity contribution in [1.82, 2.24) is 0 Å². The number of amides is 1. The number of benzene rings is 2. The Balaban J connectivity index is 1.92. The average Bonchev–Trinajstić information content (AvgIpc) is 2.53. The zero-order valence-electron chi connectivity index (χ0n) is 12.0. The van der Waals surface area contributed by atoms with E-state index >= 15 is 0 Å². The van der Waals surface area contributed by atoms with Crippen molar-refractivity contribution in [3.8, 4) is 11.5 Å². The van der Waals surface area contributed by atoms with Gasteiger partial charge in [-0.2, -0.15) is 0 Å². The molecule has 0 fully saturated rings. The van der Waals surface area contributed by atoms with E-state index in [0.29, 0.717) is 17.2 Å². The van der Waals surface area contributed by atoms with Gasteiger partial charge in [0.1, 0.15) is 11.5 Å². The first kappa shape index (κ1) is 15.3. The lowest BCUT2D eigenvalue weighted by Crippen LogP contribution is -2.14. The molecule has 0 bridgehead atoms. The minimum Gasteiger partial charge on any atom is -0.497 e. The van der Waals surface area contributed by atoms with Gasteiger partial charge in [0, 0.05) is 4.90 Å². The summed E-state index contributed by atoms with van der Waals surface area (Å²) in [6, 6.07) is 15.0. The van der Waals surface area contributed by atoms with Gasteiger partial charge in [-0.3, -0.25) is 4.79 Å². The summed E-state index contributed by atoms with van der Waals surface area (Å²) in [6.07, 6.45) is 0. The quantitative estimate of drug-likeness (QED) is 0.831. The first-order chi connectivity index (χ1) is 10.2. The van der Waals surface area contributed by atoms with Crippen LogP contribution in [0.5, 0.6) is 11.5 Å². The van der Waals surface area contributed by atoms with Crippen molar-refractivity contribution >= 4 is 23.4 Å². The monoisotopic (exact) mass is 303 g/mol. The van der Waals surface area contributed by atoms with Crippen LogP contribution in [0.1, 0.15) is 0 Å². The molecule has 0 aromatic heterocycles. The third kappa shape index (κ3) is 4.43. The SMILES string of the molecule is COc1cccc(SCC(=O)Nc2ccccc2OC)c1. The molecule has 1 amide bonds. The maximum atomic E-state index is 12.0. The first-order valence-electron chi connectivity index (χ1n) is 6.42. The fourth-order valence-electron chi connectivity index (χ4n) is 1.77. The number of anilines is 1. The van der Waals surface area contributed by atoms with Crippen molar-refractivity contribution in [3.63, 3.8) is 0 Å². The van der Waals surface area contributed by atoms with Crippen LogP contribution >= 0.6 is 11.8 Å². The Morgan fingerprint density at radius 2 is 1.90 bits per heavy atom. The van der Waals surface area contributed by atoms with E-state index < -0.39 is 0 Å². The molecule has 0 spiro atoms. The van der Waals surface area contributed by atoms with Gasteiger partial charge in [-0.25, -0.2) is 0 Å². The summed E-state index contributed by atoms with van der Waals surface area (Å²) < 4.78 is 10.4. The topological polar surface area (TPSA) is 47.6 Å². The van der Waals surface area contributed by atoms with Crippen LogP contribution in [0.4, 0.5) is 5.69 Å². The summed E-state index contributed by atoms with van der Waals surface area (Å²) in [6.45, 7) is 0. The Morgan fingerprint density at radius 3 is 2.67 bits per heavy atom. The lowest BCUT2D eigenvalue weighted by molar-refractivity contribution is -0.113. The highest BCUT2D eigenvalue weighted by Crippen LogP contribution is 2.25. The molecule has 0 atom stereocenters. The van der Waals surface area contributed by atoms with Crippen molar-refractivity contribution in [2.75, 3.05) is 25.3 Å². The second-order valence-corrected chi connectivity index (χ2v) is 5.26. The van der Waals surface area contributed by atoms with Crippen molar-refractivity contribution in [3.05, 3.63) is 48.5 Å². The van der Waals surface area contributed by atoms with E-state index in [0.717, 1.165) is 10.6 Å². The van der Waals surface area contributed by atoms with E-state index in [-0.39, 0.29) is 5.91 Å². The molecule has 2 aromatic rings. The summed E-state index contributed by atoms with van der Waals surface area (Å²) in [5.41, 5.74) is 0.677. The molecule has 0 heterocycles. The predicted octanol–water partition coefficient (Wildman–Crippen LogP) is 3.43.